The van der Waals surface area contributed by atoms with E-state index in [1.54, 1.807) is 12.1 Å². The molecule has 6 nitrogen and oxygen atoms in total. The molecule has 73 heavy (non-hydrogen) atoms. The fourth-order valence-corrected chi connectivity index (χ4v) is 10.7. The first-order valence-electron chi connectivity index (χ1n) is 33.2. The highest BCUT2D eigenvalue weighted by atomic mass is 16.5. The van der Waals surface area contributed by atoms with Crippen molar-refractivity contribution >= 4 is 5.91 Å². The number of rotatable bonds is 61. The van der Waals surface area contributed by atoms with E-state index in [4.69, 9.17) is 20.1 Å². The fourth-order valence-electron chi connectivity index (χ4n) is 10.7. The molecule has 1 aromatic carbocycles. The van der Waals surface area contributed by atoms with E-state index in [2.05, 4.69) is 26.2 Å². The highest BCUT2D eigenvalue weighted by Crippen LogP contribution is 2.40. The Morgan fingerprint density at radius 2 is 0.479 bits per heavy atom. The Morgan fingerprint density at radius 1 is 0.301 bits per heavy atom. The SMILES string of the molecule is CCCCCCCCCCCCCCCCCCCCOc1cc(C(=O)NN)cc(OCCCCCCCCCCCCCCCCCCCC)c1OCCCCCCCCCCCCCCCCCCCC. The fraction of sp³-hybridized carbons (Fsp3) is 0.896. The monoisotopic (exact) mass is 1020 g/mol. The molecule has 0 spiro atoms. The predicted octanol–water partition coefficient (Wildman–Crippen LogP) is 22.6. The molecule has 1 rings (SSSR count). The van der Waals surface area contributed by atoms with Gasteiger partial charge in [-0.1, -0.05) is 348 Å². The molecule has 1 aromatic rings. The van der Waals surface area contributed by atoms with Gasteiger partial charge in [0.15, 0.2) is 11.5 Å². The number of unbranched alkanes of at least 4 members (excludes halogenated alkanes) is 51. The Labute approximate surface area is 456 Å². The maximum absolute atomic E-state index is 12.9. The van der Waals surface area contributed by atoms with E-state index in [0.717, 1.165) is 38.5 Å². The molecule has 1 amide bonds. The normalized spacial score (nSPS) is 11.5. The summed E-state index contributed by atoms with van der Waals surface area (Å²) in [6, 6.07) is 3.59. The number of carbonyl (C=O) groups excluding carboxylic acids is 1. The first-order valence-corrected chi connectivity index (χ1v) is 33.2. The van der Waals surface area contributed by atoms with Crippen LogP contribution in [0.2, 0.25) is 0 Å². The lowest BCUT2D eigenvalue weighted by Crippen LogP contribution is -2.30. The molecule has 0 aliphatic rings. The summed E-state index contributed by atoms with van der Waals surface area (Å²) >= 11 is 0. The number of hydrogen-bond acceptors (Lipinski definition) is 5. The Bertz CT molecular complexity index is 1190. The summed E-state index contributed by atoms with van der Waals surface area (Å²) in [7, 11) is 0. The van der Waals surface area contributed by atoms with Crippen molar-refractivity contribution in [3.05, 3.63) is 17.7 Å². The number of hydrogen-bond donors (Lipinski definition) is 2. The molecule has 0 saturated heterocycles. The van der Waals surface area contributed by atoms with Gasteiger partial charge < -0.3 is 14.2 Å². The van der Waals surface area contributed by atoms with Gasteiger partial charge in [-0.25, -0.2) is 5.84 Å². The topological polar surface area (TPSA) is 82.8 Å². The summed E-state index contributed by atoms with van der Waals surface area (Å²) in [4.78, 5) is 12.9. The van der Waals surface area contributed by atoms with Crippen molar-refractivity contribution in [2.75, 3.05) is 19.8 Å². The lowest BCUT2D eigenvalue weighted by Gasteiger charge is -2.19. The molecular formula is C67H128N2O4. The molecule has 0 unspecified atom stereocenters. The number of benzene rings is 1. The van der Waals surface area contributed by atoms with Crippen LogP contribution in [0, 0.1) is 0 Å². The van der Waals surface area contributed by atoms with Crippen LogP contribution in [0.25, 0.3) is 0 Å². The van der Waals surface area contributed by atoms with Gasteiger partial charge in [-0.3, -0.25) is 10.2 Å². The van der Waals surface area contributed by atoms with Crippen LogP contribution in [-0.2, 0) is 0 Å². The van der Waals surface area contributed by atoms with Gasteiger partial charge in [0, 0.05) is 5.56 Å². The van der Waals surface area contributed by atoms with Crippen LogP contribution >= 0.6 is 0 Å². The van der Waals surface area contributed by atoms with E-state index in [9.17, 15) is 4.79 Å². The minimum atomic E-state index is -0.342. The van der Waals surface area contributed by atoms with Crippen molar-refractivity contribution in [3.8, 4) is 17.2 Å². The number of nitrogens with two attached hydrogens (primary N) is 1. The minimum absolute atomic E-state index is 0.342. The molecule has 0 atom stereocenters. The third kappa shape index (κ3) is 47.0. The van der Waals surface area contributed by atoms with Crippen LogP contribution in [0.1, 0.15) is 378 Å². The third-order valence-electron chi connectivity index (χ3n) is 15.7. The number of carbonyl (C=O) groups is 1. The van der Waals surface area contributed by atoms with Gasteiger partial charge in [0.2, 0.25) is 5.75 Å². The molecule has 6 heteroatoms. The van der Waals surface area contributed by atoms with Crippen LogP contribution in [0.3, 0.4) is 0 Å². The van der Waals surface area contributed by atoms with E-state index in [1.165, 1.54) is 308 Å². The lowest BCUT2D eigenvalue weighted by molar-refractivity contribution is 0.0952. The standard InChI is InChI=1S/C67H128N2O4/c1-4-7-10-13-16-19-22-25-28-31-34-37-40-43-46-49-52-55-58-71-64-61-63(67(70)69-68)62-65(72-59-56-53-50-47-44-41-38-35-32-29-26-23-20-17-14-11-8-5-2)66(64)73-60-57-54-51-48-45-42-39-36-33-30-27-24-21-18-15-12-9-6-3/h61-62H,4-60,68H2,1-3H3,(H,69,70). The van der Waals surface area contributed by atoms with Crippen molar-refractivity contribution in [2.24, 2.45) is 5.84 Å². The highest BCUT2D eigenvalue weighted by Gasteiger charge is 2.19. The first kappa shape index (κ1) is 69.1. The average Bonchev–Trinajstić information content (AvgIpc) is 3.40. The van der Waals surface area contributed by atoms with Crippen LogP contribution < -0.4 is 25.5 Å². The summed E-state index contributed by atoms with van der Waals surface area (Å²) in [5, 5.41) is 0. The van der Waals surface area contributed by atoms with E-state index in [0.29, 0.717) is 42.6 Å². The first-order chi connectivity index (χ1) is 36.2. The molecule has 0 aliphatic heterocycles. The van der Waals surface area contributed by atoms with Crippen LogP contribution in [0.4, 0.5) is 0 Å². The summed E-state index contributed by atoms with van der Waals surface area (Å²) in [5.74, 6) is 7.15. The number of nitrogen functional groups attached to an aromatic ring is 1. The minimum Gasteiger partial charge on any atom is -0.490 e. The zero-order valence-electron chi connectivity index (χ0n) is 49.7. The summed E-state index contributed by atoms with van der Waals surface area (Å²) < 4.78 is 19.4. The van der Waals surface area contributed by atoms with E-state index in [-0.39, 0.29) is 5.91 Å². The number of amides is 1. The Hall–Kier alpha value is -1.95. The summed E-state index contributed by atoms with van der Waals surface area (Å²) in [6.45, 7) is 8.71. The predicted molar refractivity (Wildman–Crippen MR) is 321 cm³/mol. The summed E-state index contributed by atoms with van der Waals surface area (Å²) in [5.41, 5.74) is 2.78. The highest BCUT2D eigenvalue weighted by molar-refractivity contribution is 5.95. The largest absolute Gasteiger partial charge is 0.490 e. The molecule has 430 valence electrons. The van der Waals surface area contributed by atoms with E-state index >= 15 is 0 Å². The maximum Gasteiger partial charge on any atom is 0.265 e. The Morgan fingerprint density at radius 3 is 0.671 bits per heavy atom. The van der Waals surface area contributed by atoms with Gasteiger partial charge in [-0.05, 0) is 31.4 Å². The number of ether oxygens (including phenoxy) is 3. The van der Waals surface area contributed by atoms with Crippen molar-refractivity contribution in [2.45, 2.75) is 367 Å². The average molecular weight is 1030 g/mol. The van der Waals surface area contributed by atoms with Crippen molar-refractivity contribution in [1.82, 2.24) is 5.43 Å². The molecular weight excluding hydrogens is 897 g/mol. The summed E-state index contributed by atoms with van der Waals surface area (Å²) in [6.07, 6.45) is 73.3. The zero-order valence-corrected chi connectivity index (χ0v) is 49.7. The van der Waals surface area contributed by atoms with E-state index in [1.807, 2.05) is 0 Å². The second kappa shape index (κ2) is 57.7. The van der Waals surface area contributed by atoms with Gasteiger partial charge >= 0.3 is 0 Å². The van der Waals surface area contributed by atoms with Gasteiger partial charge in [-0.15, -0.1) is 0 Å². The van der Waals surface area contributed by atoms with Crippen molar-refractivity contribution in [1.29, 1.82) is 0 Å². The molecule has 0 saturated carbocycles. The van der Waals surface area contributed by atoms with Crippen LogP contribution in [0.15, 0.2) is 12.1 Å². The van der Waals surface area contributed by atoms with E-state index < -0.39 is 0 Å². The smallest absolute Gasteiger partial charge is 0.265 e. The lowest BCUT2D eigenvalue weighted by atomic mass is 10.0. The molecule has 0 bridgehead atoms. The van der Waals surface area contributed by atoms with Crippen molar-refractivity contribution in [3.63, 3.8) is 0 Å². The van der Waals surface area contributed by atoms with Gasteiger partial charge in [-0.2, -0.15) is 0 Å². The third-order valence-corrected chi connectivity index (χ3v) is 15.7. The van der Waals surface area contributed by atoms with Gasteiger partial charge in [0.25, 0.3) is 5.91 Å². The second-order valence-corrected chi connectivity index (χ2v) is 22.9. The molecule has 0 radical (unpaired) electrons. The molecule has 0 fully saturated rings. The maximum atomic E-state index is 12.9. The molecule has 0 aliphatic carbocycles. The van der Waals surface area contributed by atoms with Crippen molar-refractivity contribution < 1.29 is 19.0 Å². The zero-order chi connectivity index (χ0) is 52.4. The number of hydrazine groups is 1. The Kier molecular flexibility index (Phi) is 54.6. The quantitative estimate of drug-likeness (QED) is 0.0294. The molecule has 0 heterocycles. The molecule has 0 aromatic heterocycles. The second-order valence-electron chi connectivity index (χ2n) is 22.9. The van der Waals surface area contributed by atoms with Crippen LogP contribution in [-0.4, -0.2) is 25.7 Å². The van der Waals surface area contributed by atoms with Crippen LogP contribution in [0.5, 0.6) is 17.2 Å². The number of nitrogens with one attached hydrogen (secondary N) is 1. The molecule has 3 N–H and O–H groups in total. The van der Waals surface area contributed by atoms with Gasteiger partial charge in [0.1, 0.15) is 0 Å². The van der Waals surface area contributed by atoms with Gasteiger partial charge in [0.05, 0.1) is 19.8 Å². The Balaban J connectivity index is 2.47.